The molecular formula is C14H23NO6P2. The average molecular weight is 363 g/mol. The fourth-order valence-electron chi connectivity index (χ4n) is 2.31. The van der Waals surface area contributed by atoms with Crippen LogP contribution in [0.2, 0.25) is 0 Å². The largest absolute Gasteiger partial charge is 0.351 e. The first-order valence-electron chi connectivity index (χ1n) is 7.09. The second-order valence-electron chi connectivity index (χ2n) is 5.38. The van der Waals surface area contributed by atoms with Gasteiger partial charge in [0.15, 0.2) is 0 Å². The first-order valence-corrected chi connectivity index (χ1v) is 10.4. The molecule has 9 heteroatoms. The minimum absolute atomic E-state index is 0.0382. The minimum atomic E-state index is -4.42. The van der Waals surface area contributed by atoms with Crippen LogP contribution in [0, 0.1) is 0 Å². The normalized spacial score (nSPS) is 14.9. The minimum Gasteiger partial charge on any atom is -0.351 e. The lowest BCUT2D eigenvalue weighted by Gasteiger charge is -2.23. The summed E-state index contributed by atoms with van der Waals surface area (Å²) in [6.45, 7) is 2.63. The van der Waals surface area contributed by atoms with Gasteiger partial charge in [-0.3, -0.25) is 9.13 Å². The van der Waals surface area contributed by atoms with Crippen molar-refractivity contribution in [1.82, 2.24) is 4.57 Å². The molecule has 0 fully saturated rings. The Balaban J connectivity index is 0.000000235. The highest BCUT2D eigenvalue weighted by Crippen LogP contribution is 2.54. The van der Waals surface area contributed by atoms with E-state index in [1.807, 2.05) is 0 Å². The second kappa shape index (κ2) is 7.75. The van der Waals surface area contributed by atoms with Gasteiger partial charge in [0.05, 0.1) is 11.3 Å². The molecule has 2 atom stereocenters. The van der Waals surface area contributed by atoms with Crippen molar-refractivity contribution in [2.24, 2.45) is 7.05 Å². The lowest BCUT2D eigenvalue weighted by atomic mass is 10.2. The van der Waals surface area contributed by atoms with Crippen LogP contribution in [0.5, 0.6) is 0 Å². The Labute approximate surface area is 135 Å². The van der Waals surface area contributed by atoms with Crippen molar-refractivity contribution in [3.05, 3.63) is 36.5 Å². The monoisotopic (exact) mass is 363 g/mol. The Morgan fingerprint density at radius 1 is 1.04 bits per heavy atom. The van der Waals surface area contributed by atoms with E-state index in [0.717, 1.165) is 6.92 Å². The van der Waals surface area contributed by atoms with E-state index in [0.29, 0.717) is 0 Å². The maximum atomic E-state index is 10.8. The molecule has 2 unspecified atom stereocenters. The molecule has 130 valence electrons. The van der Waals surface area contributed by atoms with E-state index in [4.69, 9.17) is 19.6 Å². The summed E-state index contributed by atoms with van der Waals surface area (Å²) in [6, 6.07) is 10.5. The van der Waals surface area contributed by atoms with Gasteiger partial charge in [-0.1, -0.05) is 32.0 Å². The van der Waals surface area contributed by atoms with E-state index in [-0.39, 0.29) is 6.42 Å². The van der Waals surface area contributed by atoms with E-state index in [1.54, 1.807) is 0 Å². The van der Waals surface area contributed by atoms with Gasteiger partial charge >= 0.3 is 15.2 Å². The third-order valence-electron chi connectivity index (χ3n) is 3.73. The molecule has 2 rings (SSSR count). The molecule has 0 saturated heterocycles. The van der Waals surface area contributed by atoms with Gasteiger partial charge in [0.25, 0.3) is 0 Å². The summed E-state index contributed by atoms with van der Waals surface area (Å²) in [7, 11) is -6.78. The summed E-state index contributed by atoms with van der Waals surface area (Å²) in [5, 5.41) is 1.31. The Morgan fingerprint density at radius 3 is 2.00 bits per heavy atom. The third kappa shape index (κ3) is 5.57. The molecule has 2 aromatic rings. The van der Waals surface area contributed by atoms with Gasteiger partial charge in [-0.05, 0) is 23.9 Å². The summed E-state index contributed by atoms with van der Waals surface area (Å²) in [5.41, 5.74) is -1.28. The summed E-state index contributed by atoms with van der Waals surface area (Å²) in [4.78, 5) is 35.0. The van der Waals surface area contributed by atoms with Crippen molar-refractivity contribution in [1.29, 1.82) is 0 Å². The number of aromatic nitrogens is 1. The highest BCUT2D eigenvalue weighted by molar-refractivity contribution is 7.57. The number of aryl methyl sites for hydroxylation is 1. The zero-order chi connectivity index (χ0) is 17.8. The van der Waals surface area contributed by atoms with Gasteiger partial charge in [0.1, 0.15) is 0 Å². The van der Waals surface area contributed by atoms with E-state index < -0.39 is 26.5 Å². The lowest BCUT2D eigenvalue weighted by molar-refractivity contribution is 0.330. The number of benzene rings is 1. The van der Waals surface area contributed by atoms with Gasteiger partial charge in [0, 0.05) is 18.8 Å². The highest BCUT2D eigenvalue weighted by Gasteiger charge is 2.40. The third-order valence-corrected chi connectivity index (χ3v) is 7.06. The average Bonchev–Trinajstić information content (AvgIpc) is 2.80. The van der Waals surface area contributed by atoms with Crippen LogP contribution in [-0.2, 0) is 16.2 Å². The Hall–Kier alpha value is -0.940. The Bertz CT molecular complexity index is 732. The molecule has 0 saturated carbocycles. The molecular weight excluding hydrogens is 340 g/mol. The van der Waals surface area contributed by atoms with Crippen LogP contribution in [0.1, 0.15) is 20.3 Å². The van der Waals surface area contributed by atoms with Crippen molar-refractivity contribution in [3.8, 4) is 0 Å². The quantitative estimate of drug-likeness (QED) is 0.620. The molecule has 0 radical (unpaired) electrons. The van der Waals surface area contributed by atoms with E-state index in [9.17, 15) is 9.13 Å². The number of hydrogen-bond donors (Lipinski definition) is 4. The molecule has 4 N–H and O–H groups in total. The van der Waals surface area contributed by atoms with Crippen LogP contribution in [0.15, 0.2) is 36.5 Å². The zero-order valence-corrected chi connectivity index (χ0v) is 15.1. The molecule has 0 aliphatic heterocycles. The van der Waals surface area contributed by atoms with Gasteiger partial charge in [0.2, 0.25) is 0 Å². The lowest BCUT2D eigenvalue weighted by Crippen LogP contribution is -2.22. The molecule has 0 spiro atoms. The van der Waals surface area contributed by atoms with Gasteiger partial charge < -0.3 is 24.1 Å². The van der Waals surface area contributed by atoms with E-state index in [1.165, 1.54) is 17.8 Å². The highest BCUT2D eigenvalue weighted by atomic mass is 31.2. The molecule has 0 amide bonds. The van der Waals surface area contributed by atoms with Gasteiger partial charge in [-0.25, -0.2) is 0 Å². The molecule has 1 heterocycles. The smallest absolute Gasteiger partial charge is 0.329 e. The van der Waals surface area contributed by atoms with Gasteiger partial charge in [-0.15, -0.1) is 0 Å². The molecule has 0 aliphatic carbocycles. The van der Waals surface area contributed by atoms with Crippen molar-refractivity contribution in [2.45, 2.75) is 31.6 Å². The van der Waals surface area contributed by atoms with Crippen LogP contribution in [0.4, 0.5) is 0 Å². The molecule has 0 bridgehead atoms. The fourth-order valence-corrected chi connectivity index (χ4v) is 5.05. The van der Waals surface area contributed by atoms with Crippen molar-refractivity contribution in [3.63, 3.8) is 0 Å². The van der Waals surface area contributed by atoms with E-state index >= 15 is 0 Å². The summed E-state index contributed by atoms with van der Waals surface area (Å²) in [6.07, 6.45) is 2.11. The zero-order valence-electron chi connectivity index (χ0n) is 13.3. The molecule has 23 heavy (non-hydrogen) atoms. The molecule has 1 aromatic heterocycles. The Morgan fingerprint density at radius 2 is 1.61 bits per heavy atom. The number of fused-ring (bicyclic) bond motifs is 1. The number of nitrogens with zero attached hydrogens (tertiary/aromatic N) is 1. The molecule has 7 nitrogen and oxygen atoms in total. The van der Waals surface area contributed by atoms with Crippen LogP contribution in [-0.4, -0.2) is 35.5 Å². The van der Waals surface area contributed by atoms with Crippen molar-refractivity contribution < 1.29 is 28.7 Å². The SMILES string of the molecule is CCC(C(C)P(=O)(O)O)P(=O)(O)O.Cn1ccc2ccccc21. The maximum Gasteiger partial charge on any atom is 0.329 e. The van der Waals surface area contributed by atoms with Crippen LogP contribution < -0.4 is 0 Å². The topological polar surface area (TPSA) is 120 Å². The van der Waals surface area contributed by atoms with Crippen LogP contribution >= 0.6 is 15.2 Å². The molecule has 0 aliphatic rings. The number of rotatable bonds is 4. The first-order chi connectivity index (χ1) is 10.5. The maximum absolute atomic E-state index is 10.8. The fraction of sp³-hybridized carbons (Fsp3) is 0.429. The van der Waals surface area contributed by atoms with Crippen molar-refractivity contribution >= 4 is 26.1 Å². The number of hydrogen-bond acceptors (Lipinski definition) is 2. The predicted molar refractivity (Wildman–Crippen MR) is 90.5 cm³/mol. The van der Waals surface area contributed by atoms with E-state index in [2.05, 4.69) is 48.1 Å². The summed E-state index contributed by atoms with van der Waals surface area (Å²) in [5.74, 6) is 0. The van der Waals surface area contributed by atoms with Gasteiger partial charge in [-0.2, -0.15) is 0 Å². The van der Waals surface area contributed by atoms with Crippen LogP contribution in [0.25, 0.3) is 10.9 Å². The molecule has 1 aromatic carbocycles. The Kier molecular flexibility index (Phi) is 6.78. The van der Waals surface area contributed by atoms with Crippen molar-refractivity contribution in [2.75, 3.05) is 0 Å². The summed E-state index contributed by atoms with van der Waals surface area (Å²) < 4.78 is 23.7. The standard InChI is InChI=1S/C9H9N.C5H14O6P2/c1-10-7-6-8-4-2-3-5-9(8)10;1-3-5(13(9,10)11)4(2)12(6,7)8/h2-7H,1H3;4-5H,3H2,1-2H3,(H2,6,7,8)(H2,9,10,11). The van der Waals surface area contributed by atoms with Crippen LogP contribution in [0.3, 0.4) is 0 Å². The number of para-hydroxylation sites is 1. The second-order valence-corrected chi connectivity index (χ2v) is 9.21. The predicted octanol–water partition coefficient (Wildman–Crippen LogP) is 2.69. The first kappa shape index (κ1) is 20.1. The summed E-state index contributed by atoms with van der Waals surface area (Å²) >= 11 is 0.